The Balaban J connectivity index is 1.36. The van der Waals surface area contributed by atoms with E-state index >= 15 is 0 Å². The Hall–Kier alpha value is -1.90. The number of thioether (sulfide) groups is 1. The van der Waals surface area contributed by atoms with Crippen molar-refractivity contribution in [3.63, 3.8) is 0 Å². The van der Waals surface area contributed by atoms with Crippen LogP contribution in [-0.2, 0) is 27.3 Å². The van der Waals surface area contributed by atoms with Crippen LogP contribution in [0, 0.1) is 6.92 Å². The fraction of sp³-hybridized carbons (Fsp3) is 0.450. The Morgan fingerprint density at radius 2 is 2.29 bits per heavy atom. The first-order valence-electron chi connectivity index (χ1n) is 9.45. The van der Waals surface area contributed by atoms with Crippen LogP contribution >= 0.6 is 23.1 Å². The van der Waals surface area contributed by atoms with Crippen molar-refractivity contribution < 1.29 is 14.3 Å². The van der Waals surface area contributed by atoms with Crippen molar-refractivity contribution in [1.29, 1.82) is 0 Å². The zero-order valence-corrected chi connectivity index (χ0v) is 17.4. The lowest BCUT2D eigenvalue weighted by atomic mass is 9.99. The van der Waals surface area contributed by atoms with E-state index < -0.39 is 0 Å². The number of carbonyl (C=O) groups excluding carboxylic acids is 2. The van der Waals surface area contributed by atoms with Gasteiger partial charge >= 0.3 is 0 Å². The third kappa shape index (κ3) is 4.56. The third-order valence-electron chi connectivity index (χ3n) is 4.98. The molecule has 0 bridgehead atoms. The number of thiazole rings is 1. The number of rotatable bonds is 5. The van der Waals surface area contributed by atoms with Crippen molar-refractivity contribution in [2.24, 2.45) is 0 Å². The van der Waals surface area contributed by atoms with Gasteiger partial charge in [-0.2, -0.15) is 0 Å². The highest BCUT2D eigenvalue weighted by molar-refractivity contribution is 8.01. The second kappa shape index (κ2) is 8.63. The lowest BCUT2D eigenvalue weighted by molar-refractivity contribution is -0.129. The second-order valence-electron chi connectivity index (χ2n) is 7.08. The van der Waals surface area contributed by atoms with Crippen LogP contribution in [0.4, 0.5) is 5.69 Å². The molecule has 0 saturated carbocycles. The number of anilines is 1. The lowest BCUT2D eigenvalue weighted by Crippen LogP contribution is -2.37. The van der Waals surface area contributed by atoms with Crippen molar-refractivity contribution in [2.75, 3.05) is 24.2 Å². The maximum Gasteiger partial charge on any atom is 0.253 e. The third-order valence-corrected chi connectivity index (χ3v) is 7.10. The molecule has 1 aromatic carbocycles. The SMILES string of the molecule is Cc1csc(SCC(=O)N2CCc3ccc(NC(=O)[C@@H]4CCCO4)cc3C2)n1. The van der Waals surface area contributed by atoms with Crippen LogP contribution in [0.1, 0.15) is 29.7 Å². The van der Waals surface area contributed by atoms with E-state index in [4.69, 9.17) is 4.74 Å². The number of hydrogen-bond donors (Lipinski definition) is 1. The molecule has 4 rings (SSSR count). The summed E-state index contributed by atoms with van der Waals surface area (Å²) in [6.07, 6.45) is 2.19. The molecule has 1 aromatic heterocycles. The molecule has 0 unspecified atom stereocenters. The van der Waals surface area contributed by atoms with E-state index in [0.29, 0.717) is 18.9 Å². The number of hydrogen-bond acceptors (Lipinski definition) is 6. The van der Waals surface area contributed by atoms with Crippen molar-refractivity contribution in [1.82, 2.24) is 9.88 Å². The first-order valence-corrected chi connectivity index (χ1v) is 11.3. The molecule has 1 fully saturated rings. The molecule has 2 aliphatic heterocycles. The maximum absolute atomic E-state index is 12.6. The smallest absolute Gasteiger partial charge is 0.253 e. The predicted molar refractivity (Wildman–Crippen MR) is 111 cm³/mol. The molecule has 8 heteroatoms. The normalized spacial score (nSPS) is 18.8. The molecule has 0 aliphatic carbocycles. The topological polar surface area (TPSA) is 71.5 Å². The summed E-state index contributed by atoms with van der Waals surface area (Å²) in [5.41, 5.74) is 4.09. The highest BCUT2D eigenvalue weighted by atomic mass is 32.2. The molecule has 1 atom stereocenters. The van der Waals surface area contributed by atoms with Crippen LogP contribution in [0.3, 0.4) is 0 Å². The van der Waals surface area contributed by atoms with E-state index in [-0.39, 0.29) is 17.9 Å². The van der Waals surface area contributed by atoms with Gasteiger partial charge in [0.05, 0.1) is 5.75 Å². The van der Waals surface area contributed by atoms with Gasteiger partial charge in [0.25, 0.3) is 5.91 Å². The molecular weight excluding hydrogens is 394 g/mol. The molecular formula is C20H23N3O3S2. The summed E-state index contributed by atoms with van der Waals surface area (Å²) >= 11 is 3.07. The minimum absolute atomic E-state index is 0.0867. The first-order chi connectivity index (χ1) is 13.6. The van der Waals surface area contributed by atoms with Gasteiger partial charge in [-0.15, -0.1) is 11.3 Å². The van der Waals surface area contributed by atoms with Crippen molar-refractivity contribution in [3.8, 4) is 0 Å². The van der Waals surface area contributed by atoms with Crippen LogP contribution in [-0.4, -0.2) is 46.7 Å². The quantitative estimate of drug-likeness (QED) is 0.756. The number of fused-ring (bicyclic) bond motifs is 1. The van der Waals surface area contributed by atoms with Crippen molar-refractivity contribution >= 4 is 40.6 Å². The molecule has 0 radical (unpaired) electrons. The van der Waals surface area contributed by atoms with E-state index in [2.05, 4.69) is 16.4 Å². The van der Waals surface area contributed by atoms with Gasteiger partial charge < -0.3 is 15.0 Å². The van der Waals surface area contributed by atoms with Gasteiger partial charge in [-0.1, -0.05) is 17.8 Å². The maximum atomic E-state index is 12.6. The Kier molecular flexibility index (Phi) is 5.99. The van der Waals surface area contributed by atoms with E-state index in [1.54, 1.807) is 11.3 Å². The monoisotopic (exact) mass is 417 g/mol. The minimum Gasteiger partial charge on any atom is -0.368 e. The fourth-order valence-corrected chi connectivity index (χ4v) is 5.22. The molecule has 2 aliphatic rings. The van der Waals surface area contributed by atoms with Gasteiger partial charge in [-0.25, -0.2) is 4.98 Å². The number of nitrogens with one attached hydrogen (secondary N) is 1. The number of ether oxygens (including phenoxy) is 1. The number of carbonyl (C=O) groups is 2. The van der Waals surface area contributed by atoms with Crippen molar-refractivity contribution in [2.45, 2.75) is 43.2 Å². The van der Waals surface area contributed by atoms with Gasteiger partial charge in [-0.05, 0) is 49.4 Å². The number of amides is 2. The van der Waals surface area contributed by atoms with Gasteiger partial charge in [-0.3, -0.25) is 9.59 Å². The average Bonchev–Trinajstić information content (AvgIpc) is 3.37. The summed E-state index contributed by atoms with van der Waals surface area (Å²) in [6, 6.07) is 5.97. The van der Waals surface area contributed by atoms with Crippen LogP contribution in [0.25, 0.3) is 0 Å². The summed E-state index contributed by atoms with van der Waals surface area (Å²) in [5.74, 6) is 0.436. The number of nitrogens with zero attached hydrogens (tertiary/aromatic N) is 2. The Labute approximate surface area is 172 Å². The summed E-state index contributed by atoms with van der Waals surface area (Å²) in [6.45, 7) is 3.91. The van der Waals surface area contributed by atoms with Gasteiger partial charge in [0.15, 0.2) is 4.34 Å². The number of aromatic nitrogens is 1. The molecule has 3 heterocycles. The standard InChI is InChI=1S/C20H23N3O3S2/c1-13-11-27-20(21-13)28-12-18(24)23-7-6-14-4-5-16(9-15(14)10-23)22-19(25)17-3-2-8-26-17/h4-5,9,11,17H,2-3,6-8,10,12H2,1H3,(H,22,25)/t17-/m0/s1. The molecule has 0 spiro atoms. The molecule has 28 heavy (non-hydrogen) atoms. The Morgan fingerprint density at radius 1 is 1.39 bits per heavy atom. The van der Waals surface area contributed by atoms with Crippen LogP contribution in [0.15, 0.2) is 27.9 Å². The largest absolute Gasteiger partial charge is 0.368 e. The molecule has 2 aromatic rings. The molecule has 148 valence electrons. The summed E-state index contributed by atoms with van der Waals surface area (Å²) < 4.78 is 6.37. The van der Waals surface area contributed by atoms with E-state index in [1.807, 2.05) is 29.3 Å². The van der Waals surface area contributed by atoms with Crippen LogP contribution < -0.4 is 5.32 Å². The second-order valence-corrected chi connectivity index (χ2v) is 9.16. The Morgan fingerprint density at radius 3 is 3.04 bits per heavy atom. The highest BCUT2D eigenvalue weighted by Crippen LogP contribution is 2.26. The molecule has 1 N–H and O–H groups in total. The number of benzene rings is 1. The van der Waals surface area contributed by atoms with Crippen LogP contribution in [0.2, 0.25) is 0 Å². The summed E-state index contributed by atoms with van der Waals surface area (Å²) in [7, 11) is 0. The minimum atomic E-state index is -0.347. The number of aryl methyl sites for hydroxylation is 1. The predicted octanol–water partition coefficient (Wildman–Crippen LogP) is 3.25. The summed E-state index contributed by atoms with van der Waals surface area (Å²) in [5, 5.41) is 4.95. The van der Waals surface area contributed by atoms with Gasteiger partial charge in [0.1, 0.15) is 6.10 Å². The van der Waals surface area contributed by atoms with E-state index in [9.17, 15) is 9.59 Å². The molecule has 2 amide bonds. The highest BCUT2D eigenvalue weighted by Gasteiger charge is 2.25. The van der Waals surface area contributed by atoms with Gasteiger partial charge in [0, 0.05) is 36.5 Å². The van der Waals surface area contributed by atoms with E-state index in [0.717, 1.165) is 47.1 Å². The Bertz CT molecular complexity index is 877. The lowest BCUT2D eigenvalue weighted by Gasteiger charge is -2.29. The molecule has 6 nitrogen and oxygen atoms in total. The first kappa shape index (κ1) is 19.4. The van der Waals surface area contributed by atoms with Gasteiger partial charge in [0.2, 0.25) is 5.91 Å². The zero-order chi connectivity index (χ0) is 19.5. The van der Waals surface area contributed by atoms with E-state index in [1.165, 1.54) is 17.3 Å². The average molecular weight is 418 g/mol. The fourth-order valence-electron chi connectivity index (χ4n) is 3.47. The molecule has 1 saturated heterocycles. The summed E-state index contributed by atoms with van der Waals surface area (Å²) in [4.78, 5) is 31.2. The zero-order valence-electron chi connectivity index (χ0n) is 15.8. The van der Waals surface area contributed by atoms with Crippen molar-refractivity contribution in [3.05, 3.63) is 40.4 Å². The van der Waals surface area contributed by atoms with Crippen LogP contribution in [0.5, 0.6) is 0 Å².